The molecule has 0 spiro atoms. The van der Waals surface area contributed by atoms with Crippen molar-refractivity contribution in [1.29, 1.82) is 0 Å². The number of anilines is 1. The summed E-state index contributed by atoms with van der Waals surface area (Å²) in [6.45, 7) is 1.54. The minimum atomic E-state index is -0.862. The van der Waals surface area contributed by atoms with Crippen LogP contribution < -0.4 is 15.0 Å². The number of nitrogens with one attached hydrogen (secondary N) is 1. The lowest BCUT2D eigenvalue weighted by Crippen LogP contribution is -2.43. The summed E-state index contributed by atoms with van der Waals surface area (Å²) in [4.78, 5) is 14.6. The Bertz CT molecular complexity index is 1050. The van der Waals surface area contributed by atoms with Crippen molar-refractivity contribution in [2.24, 2.45) is 5.92 Å². The normalized spacial score (nSPS) is 15.8. The van der Waals surface area contributed by atoms with E-state index in [-0.39, 0.29) is 25.0 Å². The molecule has 1 saturated heterocycles. The summed E-state index contributed by atoms with van der Waals surface area (Å²) in [6.07, 6.45) is 2.12. The van der Waals surface area contributed by atoms with Gasteiger partial charge in [0.15, 0.2) is 5.65 Å². The number of halogens is 2. The fourth-order valence-electron chi connectivity index (χ4n) is 3.46. The molecular formula is C20H22Cl2N6O3. The summed E-state index contributed by atoms with van der Waals surface area (Å²) >= 11 is 12.0. The van der Waals surface area contributed by atoms with Gasteiger partial charge in [-0.25, -0.2) is 0 Å². The van der Waals surface area contributed by atoms with Crippen LogP contribution in [-0.2, 0) is 4.79 Å². The summed E-state index contributed by atoms with van der Waals surface area (Å²) in [5.74, 6) is 1.05. The number of aliphatic hydroxyl groups is 1. The van der Waals surface area contributed by atoms with Crippen LogP contribution in [0.25, 0.3) is 5.65 Å². The molecule has 0 radical (unpaired) electrons. The number of ether oxygens (including phenoxy) is 1. The van der Waals surface area contributed by atoms with Crippen molar-refractivity contribution in [3.05, 3.63) is 46.7 Å². The first kappa shape index (κ1) is 21.6. The lowest BCUT2D eigenvalue weighted by Gasteiger charge is -2.32. The zero-order valence-electron chi connectivity index (χ0n) is 16.6. The zero-order chi connectivity index (χ0) is 21.8. The number of aromatic nitrogens is 4. The average Bonchev–Trinajstić information content (AvgIpc) is 3.26. The molecule has 9 nitrogen and oxygen atoms in total. The molecule has 164 valence electrons. The number of hydrogen-bond donors (Lipinski definition) is 2. The molecule has 2 aromatic heterocycles. The van der Waals surface area contributed by atoms with Crippen LogP contribution in [0.4, 0.5) is 5.82 Å². The number of amides is 1. The van der Waals surface area contributed by atoms with E-state index < -0.39 is 6.10 Å². The number of hydrogen-bond acceptors (Lipinski definition) is 7. The number of aliphatic hydroxyl groups excluding tert-OH is 1. The Morgan fingerprint density at radius 3 is 2.87 bits per heavy atom. The number of benzene rings is 1. The molecule has 1 amide bonds. The number of carbonyl (C=O) groups is 1. The van der Waals surface area contributed by atoms with E-state index in [0.717, 1.165) is 18.9 Å². The molecule has 1 aliphatic heterocycles. The molecule has 0 aliphatic carbocycles. The highest BCUT2D eigenvalue weighted by molar-refractivity contribution is 6.42. The van der Waals surface area contributed by atoms with Crippen LogP contribution in [-0.4, -0.2) is 63.2 Å². The number of piperidine rings is 1. The second-order valence-electron chi connectivity index (χ2n) is 7.35. The highest BCUT2D eigenvalue weighted by Gasteiger charge is 2.26. The molecule has 11 heteroatoms. The fourth-order valence-corrected chi connectivity index (χ4v) is 3.81. The topological polar surface area (TPSA) is 105 Å². The molecule has 1 fully saturated rings. The first-order chi connectivity index (χ1) is 15.0. The Morgan fingerprint density at radius 1 is 1.26 bits per heavy atom. The van der Waals surface area contributed by atoms with Gasteiger partial charge in [-0.05, 0) is 37.1 Å². The molecule has 1 atom stereocenters. The number of rotatable bonds is 7. The molecule has 1 aromatic carbocycles. The summed E-state index contributed by atoms with van der Waals surface area (Å²) in [5, 5.41) is 25.9. The van der Waals surface area contributed by atoms with Crippen LogP contribution >= 0.6 is 23.2 Å². The fraction of sp³-hybridized carbons (Fsp3) is 0.400. The van der Waals surface area contributed by atoms with Gasteiger partial charge >= 0.3 is 0 Å². The zero-order valence-corrected chi connectivity index (χ0v) is 18.1. The van der Waals surface area contributed by atoms with Gasteiger partial charge in [-0.2, -0.15) is 4.52 Å². The predicted octanol–water partition coefficient (Wildman–Crippen LogP) is 2.20. The highest BCUT2D eigenvalue weighted by Crippen LogP contribution is 2.31. The molecular weight excluding hydrogens is 443 g/mol. The van der Waals surface area contributed by atoms with Gasteiger partial charge < -0.3 is 20.1 Å². The average molecular weight is 465 g/mol. The van der Waals surface area contributed by atoms with E-state index in [9.17, 15) is 9.90 Å². The summed E-state index contributed by atoms with van der Waals surface area (Å²) in [6, 6.07) is 8.82. The molecule has 0 bridgehead atoms. The van der Waals surface area contributed by atoms with Crippen molar-refractivity contribution < 1.29 is 14.6 Å². The maximum absolute atomic E-state index is 12.5. The molecule has 0 saturated carbocycles. The molecule has 1 unspecified atom stereocenters. The SMILES string of the molecule is O=C(NCC(O)COc1cccc(Cl)c1Cl)C1CCN(c2ccc3nncn3n2)CC1. The van der Waals surface area contributed by atoms with Crippen molar-refractivity contribution in [3.8, 4) is 5.75 Å². The maximum atomic E-state index is 12.5. The predicted molar refractivity (Wildman–Crippen MR) is 117 cm³/mol. The van der Waals surface area contributed by atoms with E-state index in [2.05, 4.69) is 25.5 Å². The first-order valence-electron chi connectivity index (χ1n) is 9.96. The highest BCUT2D eigenvalue weighted by atomic mass is 35.5. The van der Waals surface area contributed by atoms with Crippen molar-refractivity contribution in [3.63, 3.8) is 0 Å². The number of nitrogens with zero attached hydrogens (tertiary/aromatic N) is 5. The van der Waals surface area contributed by atoms with Crippen LogP contribution in [0.1, 0.15) is 12.8 Å². The third kappa shape index (κ3) is 5.17. The molecule has 4 rings (SSSR count). The van der Waals surface area contributed by atoms with Gasteiger partial charge in [0.1, 0.15) is 35.6 Å². The first-order valence-corrected chi connectivity index (χ1v) is 10.7. The van der Waals surface area contributed by atoms with E-state index >= 15 is 0 Å². The van der Waals surface area contributed by atoms with Gasteiger partial charge in [0, 0.05) is 25.6 Å². The van der Waals surface area contributed by atoms with E-state index in [4.69, 9.17) is 27.9 Å². The molecule has 2 N–H and O–H groups in total. The Hall–Kier alpha value is -2.62. The van der Waals surface area contributed by atoms with Crippen LogP contribution in [0.3, 0.4) is 0 Å². The molecule has 1 aliphatic rings. The summed E-state index contributed by atoms with van der Waals surface area (Å²) < 4.78 is 7.14. The summed E-state index contributed by atoms with van der Waals surface area (Å²) in [5.41, 5.74) is 0.693. The Labute approximate surface area is 188 Å². The van der Waals surface area contributed by atoms with Crippen molar-refractivity contribution >= 4 is 40.6 Å². The quantitative estimate of drug-likeness (QED) is 0.551. The van der Waals surface area contributed by atoms with Gasteiger partial charge in [-0.3, -0.25) is 4.79 Å². The Balaban J connectivity index is 1.21. The van der Waals surface area contributed by atoms with Gasteiger partial charge in [0.2, 0.25) is 5.91 Å². The van der Waals surface area contributed by atoms with Crippen molar-refractivity contribution in [2.45, 2.75) is 18.9 Å². The minimum Gasteiger partial charge on any atom is -0.489 e. The van der Waals surface area contributed by atoms with Crippen LogP contribution in [0.5, 0.6) is 5.75 Å². The third-order valence-corrected chi connectivity index (χ3v) is 6.00. The van der Waals surface area contributed by atoms with Crippen molar-refractivity contribution in [2.75, 3.05) is 31.1 Å². The molecule has 3 heterocycles. The van der Waals surface area contributed by atoms with E-state index in [1.165, 1.54) is 0 Å². The van der Waals surface area contributed by atoms with Gasteiger partial charge in [0.25, 0.3) is 0 Å². The number of carbonyl (C=O) groups excluding carboxylic acids is 1. The lowest BCUT2D eigenvalue weighted by atomic mass is 9.96. The van der Waals surface area contributed by atoms with E-state index in [1.807, 2.05) is 12.1 Å². The Kier molecular flexibility index (Phi) is 6.74. The summed E-state index contributed by atoms with van der Waals surface area (Å²) in [7, 11) is 0. The number of fused-ring (bicyclic) bond motifs is 1. The molecule has 3 aromatic rings. The largest absolute Gasteiger partial charge is 0.489 e. The van der Waals surface area contributed by atoms with Crippen LogP contribution in [0, 0.1) is 5.92 Å². The molecule has 31 heavy (non-hydrogen) atoms. The second kappa shape index (κ2) is 9.67. The van der Waals surface area contributed by atoms with E-state index in [1.54, 1.807) is 29.0 Å². The monoisotopic (exact) mass is 464 g/mol. The maximum Gasteiger partial charge on any atom is 0.223 e. The third-order valence-electron chi connectivity index (χ3n) is 5.20. The van der Waals surface area contributed by atoms with Crippen LogP contribution in [0.15, 0.2) is 36.7 Å². The standard InChI is InChI=1S/C20H22Cl2N6O3/c21-15-2-1-3-16(19(15)22)31-11-14(29)10-23-20(30)13-6-8-27(9-7-13)18-5-4-17-25-24-12-28(17)26-18/h1-5,12-14,29H,6-11H2,(H,23,30). The van der Waals surface area contributed by atoms with Gasteiger partial charge in [-0.1, -0.05) is 29.3 Å². The van der Waals surface area contributed by atoms with Gasteiger partial charge in [0.05, 0.1) is 5.02 Å². The van der Waals surface area contributed by atoms with Crippen LogP contribution in [0.2, 0.25) is 10.0 Å². The van der Waals surface area contributed by atoms with Crippen molar-refractivity contribution in [1.82, 2.24) is 25.1 Å². The second-order valence-corrected chi connectivity index (χ2v) is 8.13. The minimum absolute atomic E-state index is 0.00393. The lowest BCUT2D eigenvalue weighted by molar-refractivity contribution is -0.126. The smallest absolute Gasteiger partial charge is 0.223 e. The Morgan fingerprint density at radius 2 is 2.06 bits per heavy atom. The van der Waals surface area contributed by atoms with Gasteiger partial charge in [-0.15, -0.1) is 15.3 Å². The van der Waals surface area contributed by atoms with E-state index in [0.29, 0.717) is 34.3 Å².